The van der Waals surface area contributed by atoms with E-state index >= 15 is 0 Å². The molecule has 0 saturated carbocycles. The molecule has 11 heteroatoms. The molecule has 144 valence electrons. The highest BCUT2D eigenvalue weighted by atomic mass is 35.6. The van der Waals surface area contributed by atoms with Gasteiger partial charge in [-0.15, -0.1) is 0 Å². The van der Waals surface area contributed by atoms with Gasteiger partial charge in [0, 0.05) is 13.0 Å². The van der Waals surface area contributed by atoms with E-state index in [1.54, 1.807) is 20.8 Å². The third-order valence-corrected chi connectivity index (χ3v) is 3.42. The van der Waals surface area contributed by atoms with Crippen LogP contribution in [0, 0.1) is 0 Å². The first-order valence-corrected chi connectivity index (χ1v) is 8.53. The van der Waals surface area contributed by atoms with Gasteiger partial charge in [-0.2, -0.15) is 0 Å². The van der Waals surface area contributed by atoms with Gasteiger partial charge in [0.25, 0.3) is 0 Å². The molecule has 1 saturated heterocycles. The Bertz CT molecular complexity index is 518. The molecular weight excluding hydrogens is 399 g/mol. The molecule has 0 aromatic rings. The van der Waals surface area contributed by atoms with Crippen LogP contribution >= 0.6 is 34.8 Å². The van der Waals surface area contributed by atoms with Gasteiger partial charge in [-0.25, -0.2) is 14.4 Å². The molecule has 1 aliphatic rings. The first-order chi connectivity index (χ1) is 11.3. The Balaban J connectivity index is 2.71. The first-order valence-electron chi connectivity index (χ1n) is 7.40. The number of carbonyl (C=O) groups excluding carboxylic acids is 3. The molecular formula is C14H21Cl3N2O6. The number of amides is 2. The maximum absolute atomic E-state index is 12.3. The van der Waals surface area contributed by atoms with Crippen LogP contribution in [0.15, 0.2) is 0 Å². The Labute approximate surface area is 161 Å². The van der Waals surface area contributed by atoms with E-state index in [-0.39, 0.29) is 13.0 Å². The van der Waals surface area contributed by atoms with Crippen LogP contribution in [-0.4, -0.2) is 64.8 Å². The molecule has 0 aliphatic carbocycles. The fraction of sp³-hybridized carbons (Fsp3) is 0.786. The highest BCUT2D eigenvalue weighted by molar-refractivity contribution is 6.67. The van der Waals surface area contributed by atoms with Gasteiger partial charge in [-0.3, -0.25) is 4.90 Å². The summed E-state index contributed by atoms with van der Waals surface area (Å²) >= 11 is 16.5. The molecule has 0 aromatic carbocycles. The minimum atomic E-state index is -1.73. The summed E-state index contributed by atoms with van der Waals surface area (Å²) in [6.45, 7) is 4.73. The molecule has 8 nitrogen and oxygen atoms in total. The van der Waals surface area contributed by atoms with Gasteiger partial charge in [-0.1, -0.05) is 34.8 Å². The molecule has 25 heavy (non-hydrogen) atoms. The number of hydrogen-bond acceptors (Lipinski definition) is 6. The second kappa shape index (κ2) is 8.51. The van der Waals surface area contributed by atoms with Crippen molar-refractivity contribution in [2.75, 3.05) is 20.3 Å². The highest BCUT2D eigenvalue weighted by Crippen LogP contribution is 2.26. The number of hydrogen-bond donors (Lipinski definition) is 1. The molecule has 2 amide bonds. The van der Waals surface area contributed by atoms with Crippen LogP contribution < -0.4 is 5.32 Å². The standard InChI is InChI=1S/C14H21Cl3N2O6/c1-13(2,3)25-12(22)19-6-8(5-9(19)10(20)23-4)18-11(21)24-7-14(15,16)17/h8-9H,5-7H2,1-4H3,(H,18,21)/t8-,9-/m0/s1. The minimum absolute atomic E-state index is 0.0531. The zero-order valence-corrected chi connectivity index (χ0v) is 16.6. The van der Waals surface area contributed by atoms with E-state index in [0.717, 1.165) is 0 Å². The number of esters is 1. The van der Waals surface area contributed by atoms with Crippen LogP contribution in [0.5, 0.6) is 0 Å². The van der Waals surface area contributed by atoms with Crippen LogP contribution in [0.2, 0.25) is 0 Å². The third-order valence-electron chi connectivity index (χ3n) is 3.09. The average Bonchev–Trinajstić information content (AvgIpc) is 2.85. The molecule has 1 rings (SSSR count). The molecule has 2 atom stereocenters. The van der Waals surface area contributed by atoms with Gasteiger partial charge in [0.15, 0.2) is 0 Å². The van der Waals surface area contributed by atoms with Gasteiger partial charge in [0.05, 0.1) is 13.2 Å². The number of likely N-dealkylation sites (tertiary alicyclic amines) is 1. The fourth-order valence-electron chi connectivity index (χ4n) is 2.18. The maximum Gasteiger partial charge on any atom is 0.411 e. The molecule has 1 fully saturated rings. The van der Waals surface area contributed by atoms with Crippen LogP contribution in [0.3, 0.4) is 0 Å². The summed E-state index contributed by atoms with van der Waals surface area (Å²) in [5, 5.41) is 2.51. The molecule has 0 aromatic heterocycles. The number of methoxy groups -OCH3 is 1. The van der Waals surface area contributed by atoms with Crippen molar-refractivity contribution in [2.45, 2.75) is 48.7 Å². The number of alkyl halides is 3. The van der Waals surface area contributed by atoms with Crippen molar-refractivity contribution in [3.8, 4) is 0 Å². The number of rotatable bonds is 3. The van der Waals surface area contributed by atoms with Crippen molar-refractivity contribution in [1.29, 1.82) is 0 Å². The van der Waals surface area contributed by atoms with Gasteiger partial charge in [0.1, 0.15) is 18.2 Å². The summed E-state index contributed by atoms with van der Waals surface area (Å²) < 4.78 is 13.0. The Hall–Kier alpha value is -1.12. The number of nitrogens with one attached hydrogen (secondary N) is 1. The van der Waals surface area contributed by atoms with Gasteiger partial charge in [0.2, 0.25) is 3.79 Å². The van der Waals surface area contributed by atoms with Gasteiger partial charge in [-0.05, 0) is 20.8 Å². The minimum Gasteiger partial charge on any atom is -0.467 e. The second-order valence-electron chi connectivity index (χ2n) is 6.44. The molecule has 0 bridgehead atoms. The number of halogens is 3. The Morgan fingerprint density at radius 2 is 1.80 bits per heavy atom. The zero-order chi connectivity index (χ0) is 19.4. The van der Waals surface area contributed by atoms with Crippen molar-refractivity contribution < 1.29 is 28.6 Å². The summed E-state index contributed by atoms with van der Waals surface area (Å²) in [5.74, 6) is -0.607. The van der Waals surface area contributed by atoms with Crippen LogP contribution in [0.25, 0.3) is 0 Å². The van der Waals surface area contributed by atoms with Crippen molar-refractivity contribution >= 4 is 53.0 Å². The summed E-state index contributed by atoms with van der Waals surface area (Å²) in [4.78, 5) is 37.1. The lowest BCUT2D eigenvalue weighted by molar-refractivity contribution is -0.145. The fourth-order valence-corrected chi connectivity index (χ4v) is 2.34. The smallest absolute Gasteiger partial charge is 0.411 e. The summed E-state index contributed by atoms with van der Waals surface area (Å²) in [6.07, 6.45) is -1.36. The monoisotopic (exact) mass is 418 g/mol. The van der Waals surface area contributed by atoms with Crippen LogP contribution in [0.4, 0.5) is 9.59 Å². The predicted molar refractivity (Wildman–Crippen MR) is 91.9 cm³/mol. The van der Waals surface area contributed by atoms with E-state index in [0.29, 0.717) is 0 Å². The van der Waals surface area contributed by atoms with Gasteiger partial charge < -0.3 is 19.5 Å². The first kappa shape index (κ1) is 21.9. The van der Waals surface area contributed by atoms with E-state index in [1.165, 1.54) is 12.0 Å². The number of ether oxygens (including phenoxy) is 3. The maximum atomic E-state index is 12.3. The summed E-state index contributed by atoms with van der Waals surface area (Å²) in [6, 6.07) is -1.42. The Morgan fingerprint density at radius 3 is 2.28 bits per heavy atom. The number of alkyl carbamates (subject to hydrolysis) is 1. The van der Waals surface area contributed by atoms with Gasteiger partial charge >= 0.3 is 18.2 Å². The lowest BCUT2D eigenvalue weighted by Gasteiger charge is -2.27. The van der Waals surface area contributed by atoms with Crippen LogP contribution in [0.1, 0.15) is 27.2 Å². The molecule has 0 radical (unpaired) electrons. The Morgan fingerprint density at radius 1 is 1.20 bits per heavy atom. The molecule has 1 heterocycles. The Kier molecular flexibility index (Phi) is 7.46. The average molecular weight is 420 g/mol. The zero-order valence-electron chi connectivity index (χ0n) is 14.3. The molecule has 0 spiro atoms. The SMILES string of the molecule is COC(=O)[C@@H]1C[C@H](NC(=O)OCC(Cl)(Cl)Cl)CN1C(=O)OC(C)(C)C. The largest absolute Gasteiger partial charge is 0.467 e. The lowest BCUT2D eigenvalue weighted by Crippen LogP contribution is -2.44. The van der Waals surface area contributed by atoms with E-state index in [2.05, 4.69) is 5.32 Å². The second-order valence-corrected chi connectivity index (χ2v) is 8.96. The highest BCUT2D eigenvalue weighted by Gasteiger charge is 2.43. The van der Waals surface area contributed by atoms with E-state index < -0.39 is 46.2 Å². The van der Waals surface area contributed by atoms with Crippen molar-refractivity contribution in [2.24, 2.45) is 0 Å². The molecule has 1 aliphatic heterocycles. The summed E-state index contributed by atoms with van der Waals surface area (Å²) in [7, 11) is 1.21. The topological polar surface area (TPSA) is 94.2 Å². The predicted octanol–water partition coefficient (Wildman–Crippen LogP) is 2.63. The lowest BCUT2D eigenvalue weighted by atomic mass is 10.2. The quantitative estimate of drug-likeness (QED) is 0.429. The van der Waals surface area contributed by atoms with E-state index in [9.17, 15) is 14.4 Å². The van der Waals surface area contributed by atoms with Crippen molar-refractivity contribution in [1.82, 2.24) is 10.2 Å². The van der Waals surface area contributed by atoms with E-state index in [1.807, 2.05) is 0 Å². The molecule has 1 N–H and O–H groups in total. The van der Waals surface area contributed by atoms with Crippen LogP contribution in [-0.2, 0) is 19.0 Å². The normalized spacial score (nSPS) is 20.8. The van der Waals surface area contributed by atoms with Crippen molar-refractivity contribution in [3.05, 3.63) is 0 Å². The van der Waals surface area contributed by atoms with Crippen molar-refractivity contribution in [3.63, 3.8) is 0 Å². The number of nitrogens with zero attached hydrogens (tertiary/aromatic N) is 1. The summed E-state index contributed by atoms with van der Waals surface area (Å²) in [5.41, 5.74) is -0.730. The number of carbonyl (C=O) groups is 3. The third kappa shape index (κ3) is 7.75. The van der Waals surface area contributed by atoms with E-state index in [4.69, 9.17) is 49.0 Å². The molecule has 0 unspecified atom stereocenters.